The van der Waals surface area contributed by atoms with Crippen LogP contribution in [-0.2, 0) is 4.79 Å². The molecular formula is C28H27F3N6O3S. The third-order valence-electron chi connectivity index (χ3n) is 6.18. The first-order valence-corrected chi connectivity index (χ1v) is 12.7. The highest BCUT2D eigenvalue weighted by Crippen LogP contribution is 2.30. The number of benzene rings is 3. The van der Waals surface area contributed by atoms with Gasteiger partial charge in [-0.05, 0) is 84.7 Å². The monoisotopic (exact) mass is 584 g/mol. The first-order chi connectivity index (χ1) is 19.4. The Labute approximate surface area is 239 Å². The molecule has 4 rings (SSSR count). The van der Waals surface area contributed by atoms with Gasteiger partial charge in [0.2, 0.25) is 5.91 Å². The summed E-state index contributed by atoms with van der Waals surface area (Å²) in [6.07, 6.45) is -2.97. The Morgan fingerprint density at radius 1 is 1.10 bits per heavy atom. The number of thiocarbonyl (C=S) groups is 1. The molecule has 1 amide bonds. The molecule has 0 bridgehead atoms. The van der Waals surface area contributed by atoms with Crippen LogP contribution in [0.1, 0.15) is 28.7 Å². The quantitative estimate of drug-likeness (QED) is 0.194. The van der Waals surface area contributed by atoms with Crippen molar-refractivity contribution in [2.45, 2.75) is 32.7 Å². The van der Waals surface area contributed by atoms with Gasteiger partial charge in [-0.15, -0.1) is 13.2 Å². The molecule has 3 aromatic carbocycles. The standard InChI is InChI=1S/C28H27F3N6O3S/c1-16-12-22(39-3)13-17(2)25(16)34-27(41)35-33-15-18-4-6-19(7-5-18)23-14-24(26(32)38)37(36-23)20-8-10-21(11-9-20)40-28(29,30)31/h4-13,15,24H,14H2,1-3H3,(H2,32,38)(H2,34,35,41)/b33-15+. The molecule has 1 unspecified atom stereocenters. The molecule has 1 atom stereocenters. The molecule has 0 saturated carbocycles. The Balaban J connectivity index is 1.40. The number of anilines is 2. The highest BCUT2D eigenvalue weighted by Gasteiger charge is 2.34. The minimum absolute atomic E-state index is 0.231. The van der Waals surface area contributed by atoms with Crippen molar-refractivity contribution in [2.75, 3.05) is 17.4 Å². The summed E-state index contributed by atoms with van der Waals surface area (Å²) in [6, 6.07) is 15.4. The average molecular weight is 585 g/mol. The molecule has 1 aliphatic rings. The lowest BCUT2D eigenvalue weighted by Crippen LogP contribution is -2.39. The van der Waals surface area contributed by atoms with Crippen molar-refractivity contribution >= 4 is 46.5 Å². The third-order valence-corrected chi connectivity index (χ3v) is 6.37. The first kappa shape index (κ1) is 29.3. The van der Waals surface area contributed by atoms with Gasteiger partial charge in [0.1, 0.15) is 17.5 Å². The van der Waals surface area contributed by atoms with E-state index in [-0.39, 0.29) is 12.2 Å². The van der Waals surface area contributed by atoms with Gasteiger partial charge in [-0.3, -0.25) is 15.2 Å². The van der Waals surface area contributed by atoms with Crippen LogP contribution in [0.4, 0.5) is 24.5 Å². The molecule has 0 saturated heterocycles. The van der Waals surface area contributed by atoms with Crippen LogP contribution >= 0.6 is 12.2 Å². The molecule has 0 aliphatic carbocycles. The largest absolute Gasteiger partial charge is 0.573 e. The zero-order valence-electron chi connectivity index (χ0n) is 22.3. The second kappa shape index (κ2) is 12.3. The minimum atomic E-state index is -4.80. The summed E-state index contributed by atoms with van der Waals surface area (Å²) >= 11 is 5.36. The summed E-state index contributed by atoms with van der Waals surface area (Å²) in [6.45, 7) is 3.90. The molecule has 13 heteroatoms. The number of nitrogens with two attached hydrogens (primary N) is 1. The number of rotatable bonds is 8. The van der Waals surface area contributed by atoms with E-state index < -0.39 is 18.3 Å². The molecule has 0 aromatic heterocycles. The number of primary amides is 1. The van der Waals surface area contributed by atoms with E-state index in [4.69, 9.17) is 22.7 Å². The molecule has 1 aliphatic heterocycles. The number of hydrogen-bond donors (Lipinski definition) is 3. The van der Waals surface area contributed by atoms with E-state index in [1.165, 1.54) is 17.1 Å². The van der Waals surface area contributed by atoms with Crippen molar-refractivity contribution in [1.29, 1.82) is 0 Å². The minimum Gasteiger partial charge on any atom is -0.497 e. The van der Waals surface area contributed by atoms with Crippen molar-refractivity contribution in [3.63, 3.8) is 0 Å². The third kappa shape index (κ3) is 7.51. The Kier molecular flexibility index (Phi) is 8.77. The lowest BCUT2D eigenvalue weighted by molar-refractivity contribution is -0.274. The fraction of sp³-hybridized carbons (Fsp3) is 0.214. The van der Waals surface area contributed by atoms with Crippen LogP contribution in [0.5, 0.6) is 11.5 Å². The molecule has 0 spiro atoms. The predicted molar refractivity (Wildman–Crippen MR) is 156 cm³/mol. The molecular weight excluding hydrogens is 557 g/mol. The highest BCUT2D eigenvalue weighted by molar-refractivity contribution is 7.80. The number of aryl methyl sites for hydroxylation is 2. The number of carbonyl (C=O) groups is 1. The van der Waals surface area contributed by atoms with Crippen molar-refractivity contribution < 1.29 is 27.4 Å². The number of nitrogens with one attached hydrogen (secondary N) is 2. The zero-order chi connectivity index (χ0) is 29.7. The van der Waals surface area contributed by atoms with Crippen LogP contribution in [0.15, 0.2) is 70.9 Å². The van der Waals surface area contributed by atoms with Gasteiger partial charge in [-0.2, -0.15) is 10.2 Å². The maximum Gasteiger partial charge on any atom is 0.573 e. The second-order valence-corrected chi connectivity index (χ2v) is 9.55. The lowest BCUT2D eigenvalue weighted by atomic mass is 10.0. The van der Waals surface area contributed by atoms with E-state index in [0.29, 0.717) is 16.5 Å². The summed E-state index contributed by atoms with van der Waals surface area (Å²) in [5.74, 6) is -0.228. The molecule has 214 valence electrons. The molecule has 1 heterocycles. The van der Waals surface area contributed by atoms with Gasteiger partial charge >= 0.3 is 6.36 Å². The van der Waals surface area contributed by atoms with Gasteiger partial charge in [0, 0.05) is 12.1 Å². The number of halogens is 3. The maximum absolute atomic E-state index is 12.5. The van der Waals surface area contributed by atoms with E-state index in [9.17, 15) is 18.0 Å². The summed E-state index contributed by atoms with van der Waals surface area (Å²) in [5, 5.41) is 13.6. The number of hydrogen-bond acceptors (Lipinski definition) is 7. The molecule has 41 heavy (non-hydrogen) atoms. The van der Waals surface area contributed by atoms with E-state index in [1.54, 1.807) is 13.3 Å². The molecule has 3 aromatic rings. The number of amides is 1. The van der Waals surface area contributed by atoms with E-state index in [2.05, 4.69) is 25.7 Å². The maximum atomic E-state index is 12.5. The summed E-state index contributed by atoms with van der Waals surface area (Å²) in [7, 11) is 1.62. The van der Waals surface area contributed by atoms with Gasteiger partial charge in [0.05, 0.1) is 24.7 Å². The Bertz CT molecular complexity index is 1470. The predicted octanol–water partition coefficient (Wildman–Crippen LogP) is 5.00. The number of hydrazone groups is 2. The van der Waals surface area contributed by atoms with E-state index >= 15 is 0 Å². The van der Waals surface area contributed by atoms with E-state index in [0.717, 1.165) is 45.8 Å². The smallest absolute Gasteiger partial charge is 0.497 e. The second-order valence-electron chi connectivity index (χ2n) is 9.14. The number of methoxy groups -OCH3 is 1. The Hall–Kier alpha value is -4.65. The van der Waals surface area contributed by atoms with Gasteiger partial charge in [-0.25, -0.2) is 0 Å². The van der Waals surface area contributed by atoms with Crippen LogP contribution in [-0.4, -0.2) is 42.5 Å². The van der Waals surface area contributed by atoms with Crippen LogP contribution in [0.3, 0.4) is 0 Å². The van der Waals surface area contributed by atoms with E-state index in [1.807, 2.05) is 50.2 Å². The first-order valence-electron chi connectivity index (χ1n) is 12.3. The van der Waals surface area contributed by atoms with Gasteiger partial charge < -0.3 is 20.5 Å². The lowest BCUT2D eigenvalue weighted by Gasteiger charge is -2.21. The molecule has 0 radical (unpaired) electrons. The normalized spacial score (nSPS) is 15.0. The van der Waals surface area contributed by atoms with Crippen molar-refractivity contribution in [2.24, 2.45) is 15.9 Å². The van der Waals surface area contributed by atoms with Gasteiger partial charge in [0.25, 0.3) is 0 Å². The Morgan fingerprint density at radius 3 is 2.29 bits per heavy atom. The summed E-state index contributed by atoms with van der Waals surface area (Å²) in [4.78, 5) is 12.1. The van der Waals surface area contributed by atoms with Crippen molar-refractivity contribution in [3.8, 4) is 11.5 Å². The molecule has 0 fully saturated rings. The zero-order valence-corrected chi connectivity index (χ0v) is 23.1. The SMILES string of the molecule is COc1cc(C)c(NC(=S)N/N=C/c2ccc(C3=NN(c4ccc(OC(F)(F)F)cc4)C(C(N)=O)C3)cc2)c(C)c1. The van der Waals surface area contributed by atoms with Crippen LogP contribution in [0.2, 0.25) is 0 Å². The highest BCUT2D eigenvalue weighted by atomic mass is 32.1. The van der Waals surface area contributed by atoms with Crippen molar-refractivity contribution in [1.82, 2.24) is 5.43 Å². The number of carbonyl (C=O) groups excluding carboxylic acids is 1. The van der Waals surface area contributed by atoms with Crippen LogP contribution in [0, 0.1) is 13.8 Å². The fourth-order valence-electron chi connectivity index (χ4n) is 4.25. The number of ether oxygens (including phenoxy) is 2. The van der Waals surface area contributed by atoms with Gasteiger partial charge in [0.15, 0.2) is 5.11 Å². The summed E-state index contributed by atoms with van der Waals surface area (Å²) in [5.41, 5.74) is 13.7. The summed E-state index contributed by atoms with van der Waals surface area (Å²) < 4.78 is 46.6. The van der Waals surface area contributed by atoms with Crippen LogP contribution in [0.25, 0.3) is 0 Å². The number of nitrogens with zero attached hydrogens (tertiary/aromatic N) is 3. The average Bonchev–Trinajstić information content (AvgIpc) is 3.36. The Morgan fingerprint density at radius 2 is 1.73 bits per heavy atom. The topological polar surface area (TPSA) is 114 Å². The van der Waals surface area contributed by atoms with Crippen molar-refractivity contribution in [3.05, 3.63) is 82.9 Å². The van der Waals surface area contributed by atoms with Gasteiger partial charge in [-0.1, -0.05) is 24.3 Å². The molecule has 9 nitrogen and oxygen atoms in total. The fourth-order valence-corrected chi connectivity index (χ4v) is 4.41. The van der Waals surface area contributed by atoms with Crippen LogP contribution < -0.4 is 31.0 Å². The number of alkyl halides is 3. The molecule has 4 N–H and O–H groups in total.